The molecule has 0 atom stereocenters. The van der Waals surface area contributed by atoms with Gasteiger partial charge in [-0.15, -0.1) is 0 Å². The molecule has 0 aliphatic rings. The van der Waals surface area contributed by atoms with Crippen molar-refractivity contribution in [1.82, 2.24) is 4.98 Å². The summed E-state index contributed by atoms with van der Waals surface area (Å²) in [4.78, 5) is 30.3. The first-order valence-corrected chi connectivity index (χ1v) is 10.1. The maximum Gasteiger partial charge on any atom is 0.253 e. The number of methoxy groups -OCH3 is 1. The molecule has 2 aromatic carbocycles. The average molecular weight is 408 g/mol. The van der Waals surface area contributed by atoms with Crippen LogP contribution in [0.1, 0.15) is 32.8 Å². The van der Waals surface area contributed by atoms with Crippen LogP contribution in [0.2, 0.25) is 0 Å². The molecule has 1 N–H and O–H groups in total. The van der Waals surface area contributed by atoms with Crippen molar-refractivity contribution in [2.45, 2.75) is 33.7 Å². The largest absolute Gasteiger partial charge is 0.497 e. The van der Waals surface area contributed by atoms with E-state index in [2.05, 4.69) is 4.98 Å². The molecule has 0 aliphatic carbocycles. The van der Waals surface area contributed by atoms with Crippen molar-refractivity contribution < 1.29 is 14.3 Å². The van der Waals surface area contributed by atoms with E-state index in [1.807, 2.05) is 63.2 Å². The summed E-state index contributed by atoms with van der Waals surface area (Å²) in [6.07, 6.45) is 0.399. The van der Waals surface area contributed by atoms with Crippen LogP contribution < -0.4 is 19.9 Å². The zero-order chi connectivity index (χ0) is 21.7. The van der Waals surface area contributed by atoms with Crippen molar-refractivity contribution in [2.75, 3.05) is 18.6 Å². The fourth-order valence-corrected chi connectivity index (χ4v) is 3.31. The summed E-state index contributed by atoms with van der Waals surface area (Å²) < 4.78 is 10.7. The fourth-order valence-electron chi connectivity index (χ4n) is 3.31. The molecule has 6 heteroatoms. The van der Waals surface area contributed by atoms with E-state index in [1.165, 1.54) is 0 Å². The highest BCUT2D eigenvalue weighted by Crippen LogP contribution is 2.24. The number of hydrogen-bond acceptors (Lipinski definition) is 4. The Bertz CT molecular complexity index is 1070. The third-order valence-corrected chi connectivity index (χ3v) is 4.80. The van der Waals surface area contributed by atoms with Crippen LogP contribution >= 0.6 is 0 Å². The predicted molar refractivity (Wildman–Crippen MR) is 119 cm³/mol. The monoisotopic (exact) mass is 408 g/mol. The molecule has 3 rings (SSSR count). The summed E-state index contributed by atoms with van der Waals surface area (Å²) in [6.45, 7) is 6.70. The second-order valence-corrected chi connectivity index (χ2v) is 7.58. The number of hydrogen-bond donors (Lipinski definition) is 1. The molecule has 158 valence electrons. The van der Waals surface area contributed by atoms with Gasteiger partial charge in [-0.3, -0.25) is 9.59 Å². The highest BCUT2D eigenvalue weighted by atomic mass is 16.5. The molecule has 3 aromatic rings. The second-order valence-electron chi connectivity index (χ2n) is 7.58. The van der Waals surface area contributed by atoms with Gasteiger partial charge in [-0.05, 0) is 60.7 Å². The number of nitrogens with one attached hydrogen (secondary N) is 1. The van der Waals surface area contributed by atoms with Gasteiger partial charge in [0.15, 0.2) is 0 Å². The molecule has 0 saturated heterocycles. The first kappa shape index (κ1) is 21.4. The van der Waals surface area contributed by atoms with Gasteiger partial charge in [-0.1, -0.05) is 13.8 Å². The number of carbonyl (C=O) groups excluding carboxylic acids is 1. The van der Waals surface area contributed by atoms with Crippen LogP contribution in [0.3, 0.4) is 0 Å². The van der Waals surface area contributed by atoms with Gasteiger partial charge in [0.05, 0.1) is 25.8 Å². The van der Waals surface area contributed by atoms with Crippen molar-refractivity contribution in [2.24, 2.45) is 5.92 Å². The van der Waals surface area contributed by atoms with Gasteiger partial charge >= 0.3 is 0 Å². The number of nitrogens with zero attached hydrogens (tertiary/aromatic N) is 1. The number of ether oxygens (including phenoxy) is 2. The number of carbonyl (C=O) groups is 1. The van der Waals surface area contributed by atoms with E-state index < -0.39 is 0 Å². The number of amides is 1. The number of fused-ring (bicyclic) bond motifs is 1. The highest BCUT2D eigenvalue weighted by Gasteiger charge is 2.19. The standard InChI is InChI=1S/C24H28N2O4/c1-5-30-20-10-7-19(8-11-20)26(23(27)12-16(2)3)15-18-13-17-6-9-21(29-4)14-22(17)25-24(18)28/h6-11,13-14,16H,5,12,15H2,1-4H3,(H,25,28). The van der Waals surface area contributed by atoms with E-state index in [0.717, 1.165) is 16.8 Å². The summed E-state index contributed by atoms with van der Waals surface area (Å²) in [5.74, 6) is 1.61. The summed E-state index contributed by atoms with van der Waals surface area (Å²) in [6, 6.07) is 14.7. The summed E-state index contributed by atoms with van der Waals surface area (Å²) in [5.41, 5.74) is 1.74. The molecule has 0 radical (unpaired) electrons. The molecular weight excluding hydrogens is 380 g/mol. The van der Waals surface area contributed by atoms with Crippen molar-refractivity contribution in [3.05, 3.63) is 64.4 Å². The van der Waals surface area contributed by atoms with E-state index in [4.69, 9.17) is 9.47 Å². The Balaban J connectivity index is 1.96. The maximum atomic E-state index is 13.0. The zero-order valence-electron chi connectivity index (χ0n) is 17.9. The first-order chi connectivity index (χ1) is 14.4. The third-order valence-electron chi connectivity index (χ3n) is 4.80. The van der Waals surface area contributed by atoms with Crippen molar-refractivity contribution in [3.8, 4) is 11.5 Å². The number of aromatic nitrogens is 1. The molecule has 0 bridgehead atoms. The number of rotatable bonds is 8. The number of anilines is 1. The number of benzene rings is 2. The number of aromatic amines is 1. The van der Waals surface area contributed by atoms with Crippen molar-refractivity contribution in [1.29, 1.82) is 0 Å². The lowest BCUT2D eigenvalue weighted by molar-refractivity contribution is -0.119. The molecule has 1 heterocycles. The van der Waals surface area contributed by atoms with Crippen molar-refractivity contribution >= 4 is 22.5 Å². The molecule has 0 spiro atoms. The lowest BCUT2D eigenvalue weighted by atomic mass is 10.1. The SMILES string of the molecule is CCOc1ccc(N(Cc2cc3ccc(OC)cc3[nH]c2=O)C(=O)CC(C)C)cc1. The van der Waals surface area contributed by atoms with Crippen LogP contribution in [0.25, 0.3) is 10.9 Å². The van der Waals surface area contributed by atoms with Crippen LogP contribution in [0, 0.1) is 5.92 Å². The minimum atomic E-state index is -0.218. The van der Waals surface area contributed by atoms with Gasteiger partial charge in [-0.25, -0.2) is 0 Å². The van der Waals surface area contributed by atoms with Crippen molar-refractivity contribution in [3.63, 3.8) is 0 Å². The van der Waals surface area contributed by atoms with E-state index >= 15 is 0 Å². The normalized spacial score (nSPS) is 11.0. The fraction of sp³-hybridized carbons (Fsp3) is 0.333. The van der Waals surface area contributed by atoms with Crippen LogP contribution in [-0.4, -0.2) is 24.6 Å². The van der Waals surface area contributed by atoms with Gasteiger partial charge < -0.3 is 19.4 Å². The molecule has 0 unspecified atom stereocenters. The Hall–Kier alpha value is -3.28. The Morgan fingerprint density at radius 1 is 1.07 bits per heavy atom. The van der Waals surface area contributed by atoms with Gasteiger partial charge in [0.25, 0.3) is 5.56 Å². The van der Waals surface area contributed by atoms with E-state index in [9.17, 15) is 9.59 Å². The quantitative estimate of drug-likeness (QED) is 0.595. The van der Waals surface area contributed by atoms with Gasteiger partial charge in [0, 0.05) is 23.7 Å². The Labute approximate surface area is 176 Å². The molecule has 30 heavy (non-hydrogen) atoms. The lowest BCUT2D eigenvalue weighted by Crippen LogP contribution is -2.33. The zero-order valence-corrected chi connectivity index (χ0v) is 17.9. The minimum absolute atomic E-state index is 0.0246. The summed E-state index contributed by atoms with van der Waals surface area (Å²) in [5, 5.41) is 0.883. The first-order valence-electron chi connectivity index (χ1n) is 10.1. The predicted octanol–water partition coefficient (Wildman–Crippen LogP) is 4.51. The number of H-pyrrole nitrogens is 1. The Kier molecular flexibility index (Phi) is 6.77. The molecule has 0 fully saturated rings. The Morgan fingerprint density at radius 2 is 1.77 bits per heavy atom. The molecular formula is C24H28N2O4. The molecule has 0 saturated carbocycles. The van der Waals surface area contributed by atoms with Crippen LogP contribution in [-0.2, 0) is 11.3 Å². The van der Waals surface area contributed by atoms with Crippen LogP contribution in [0.4, 0.5) is 5.69 Å². The molecule has 6 nitrogen and oxygen atoms in total. The summed E-state index contributed by atoms with van der Waals surface area (Å²) in [7, 11) is 1.59. The Morgan fingerprint density at radius 3 is 2.40 bits per heavy atom. The van der Waals surface area contributed by atoms with E-state index in [-0.39, 0.29) is 23.9 Å². The topological polar surface area (TPSA) is 71.6 Å². The maximum absolute atomic E-state index is 13.0. The molecule has 1 amide bonds. The smallest absolute Gasteiger partial charge is 0.253 e. The average Bonchev–Trinajstić information content (AvgIpc) is 2.72. The minimum Gasteiger partial charge on any atom is -0.497 e. The van der Waals surface area contributed by atoms with Crippen LogP contribution in [0.5, 0.6) is 11.5 Å². The van der Waals surface area contributed by atoms with Gasteiger partial charge in [-0.2, -0.15) is 0 Å². The molecule has 0 aliphatic heterocycles. The molecule has 1 aromatic heterocycles. The summed E-state index contributed by atoms with van der Waals surface area (Å²) >= 11 is 0. The van der Waals surface area contributed by atoms with E-state index in [0.29, 0.717) is 29.9 Å². The number of pyridine rings is 1. The van der Waals surface area contributed by atoms with E-state index in [1.54, 1.807) is 18.1 Å². The lowest BCUT2D eigenvalue weighted by Gasteiger charge is -2.24. The third kappa shape index (κ3) is 5.00. The highest BCUT2D eigenvalue weighted by molar-refractivity contribution is 5.93. The van der Waals surface area contributed by atoms with Crippen LogP contribution in [0.15, 0.2) is 53.3 Å². The van der Waals surface area contributed by atoms with Gasteiger partial charge in [0.1, 0.15) is 11.5 Å². The second kappa shape index (κ2) is 9.48. The van der Waals surface area contributed by atoms with Gasteiger partial charge in [0.2, 0.25) is 5.91 Å².